The van der Waals surface area contributed by atoms with Crippen LogP contribution in [0.3, 0.4) is 0 Å². The second kappa shape index (κ2) is 6.11. The van der Waals surface area contributed by atoms with Crippen molar-refractivity contribution in [3.8, 4) is 5.75 Å². The van der Waals surface area contributed by atoms with E-state index in [1.807, 2.05) is 30.3 Å². The minimum atomic E-state index is -3.41. The van der Waals surface area contributed by atoms with Gasteiger partial charge in [-0.15, -0.1) is 0 Å². The zero-order chi connectivity index (χ0) is 18.2. The molecule has 0 aromatic heterocycles. The van der Waals surface area contributed by atoms with E-state index in [-0.39, 0.29) is 8.27 Å². The van der Waals surface area contributed by atoms with Crippen molar-refractivity contribution in [2.24, 2.45) is 0 Å². The van der Waals surface area contributed by atoms with Gasteiger partial charge in [-0.25, -0.2) is 8.42 Å². The highest BCUT2D eigenvalue weighted by atomic mass is 32.2. The Bertz CT molecular complexity index is 948. The van der Waals surface area contributed by atoms with Gasteiger partial charge >= 0.3 is 0 Å². The smallest absolute Gasteiger partial charge is 0.229 e. The number of nitrogen functional groups attached to an aromatic ring is 1. The molecule has 136 valence electrons. The van der Waals surface area contributed by atoms with E-state index in [0.717, 1.165) is 35.1 Å². The molecule has 5 nitrogen and oxygen atoms in total. The quantitative estimate of drug-likeness (QED) is 0.809. The number of hydrogen-bond donors (Lipinski definition) is 2. The van der Waals surface area contributed by atoms with Crippen LogP contribution < -0.4 is 15.2 Å². The van der Waals surface area contributed by atoms with Gasteiger partial charge < -0.3 is 10.5 Å². The number of fused-ring (bicyclic) bond motifs is 1. The van der Waals surface area contributed by atoms with E-state index in [4.69, 9.17) is 10.5 Å². The number of anilines is 2. The summed E-state index contributed by atoms with van der Waals surface area (Å²) in [5.74, 6) is 0.849. The third-order valence-corrected chi connectivity index (χ3v) is 5.32. The highest BCUT2D eigenvalue weighted by molar-refractivity contribution is 7.92. The number of allylic oxidation sites excluding steroid dienone is 1. The summed E-state index contributed by atoms with van der Waals surface area (Å²) in [6.07, 6.45) is 1.87. The summed E-state index contributed by atoms with van der Waals surface area (Å²) in [6.45, 7) is 7.01. The zero-order valence-corrected chi connectivity index (χ0v) is 15.2. The van der Waals surface area contributed by atoms with Crippen molar-refractivity contribution in [3.63, 3.8) is 0 Å². The van der Waals surface area contributed by atoms with Gasteiger partial charge in [0.15, 0.2) is 0 Å². The lowest BCUT2D eigenvalue weighted by atomic mass is 9.70. The largest absolute Gasteiger partial charge is 0.493 e. The standard InChI is InChI=1S/C19H22N2O3S.2H2/c1-13(14-7-6-9-16(18(14)20)21-25(3,22)23)19(2)11-12-24-17-10-5-4-8-15(17)19;;/h4-10,21H,1,11-12,20H2,2-3H3;2*1H. The summed E-state index contributed by atoms with van der Waals surface area (Å²) >= 11 is 0. The number of para-hydroxylation sites is 2. The number of ether oxygens (including phenoxy) is 1. The first-order valence-electron chi connectivity index (χ1n) is 8.01. The Morgan fingerprint density at radius 3 is 2.72 bits per heavy atom. The van der Waals surface area contributed by atoms with Crippen LogP contribution >= 0.6 is 0 Å². The van der Waals surface area contributed by atoms with E-state index >= 15 is 0 Å². The normalized spacial score (nSPS) is 19.6. The van der Waals surface area contributed by atoms with E-state index in [0.29, 0.717) is 18.0 Å². The van der Waals surface area contributed by atoms with Gasteiger partial charge in [0.2, 0.25) is 10.0 Å². The van der Waals surface area contributed by atoms with Crippen molar-refractivity contribution in [2.45, 2.75) is 18.8 Å². The molecule has 0 amide bonds. The molecule has 2 aromatic rings. The van der Waals surface area contributed by atoms with Gasteiger partial charge in [0.25, 0.3) is 0 Å². The van der Waals surface area contributed by atoms with Crippen LogP contribution in [0.2, 0.25) is 0 Å². The monoisotopic (exact) mass is 362 g/mol. The molecule has 25 heavy (non-hydrogen) atoms. The lowest BCUT2D eigenvalue weighted by molar-refractivity contribution is 0.251. The molecule has 3 rings (SSSR count). The first-order chi connectivity index (χ1) is 11.7. The maximum Gasteiger partial charge on any atom is 0.229 e. The fraction of sp³-hybridized carbons (Fsp3) is 0.263. The summed E-state index contributed by atoms with van der Waals surface area (Å²) in [4.78, 5) is 0. The topological polar surface area (TPSA) is 81.4 Å². The third kappa shape index (κ3) is 3.22. The van der Waals surface area contributed by atoms with Gasteiger partial charge in [0, 0.05) is 19.4 Å². The maximum atomic E-state index is 11.6. The Morgan fingerprint density at radius 2 is 2.00 bits per heavy atom. The molecule has 0 bridgehead atoms. The molecule has 1 aliphatic heterocycles. The molecule has 0 fully saturated rings. The number of hydrogen-bond acceptors (Lipinski definition) is 4. The van der Waals surface area contributed by atoms with Crippen molar-refractivity contribution in [3.05, 3.63) is 60.2 Å². The molecular weight excluding hydrogens is 336 g/mol. The molecule has 1 unspecified atom stereocenters. The third-order valence-electron chi connectivity index (χ3n) is 4.73. The van der Waals surface area contributed by atoms with Gasteiger partial charge in [-0.05, 0) is 24.1 Å². The lowest BCUT2D eigenvalue weighted by Crippen LogP contribution is -2.31. The second-order valence-corrected chi connectivity index (χ2v) is 8.29. The molecule has 0 spiro atoms. The van der Waals surface area contributed by atoms with Crippen molar-refractivity contribution in [2.75, 3.05) is 23.3 Å². The zero-order valence-electron chi connectivity index (χ0n) is 14.4. The summed E-state index contributed by atoms with van der Waals surface area (Å²) < 4.78 is 31.3. The molecule has 0 saturated carbocycles. The number of sulfonamides is 1. The predicted octanol–water partition coefficient (Wildman–Crippen LogP) is 3.89. The SMILES string of the molecule is C=C(c1cccc(NS(C)(=O)=O)c1N)C1(C)CCOc2ccccc21.[HH].[HH]. The first-order valence-corrected chi connectivity index (χ1v) is 9.90. The Labute approximate surface area is 151 Å². The average molecular weight is 362 g/mol. The average Bonchev–Trinajstić information content (AvgIpc) is 2.55. The summed E-state index contributed by atoms with van der Waals surface area (Å²) in [6, 6.07) is 13.2. The molecule has 1 heterocycles. The molecule has 2 aromatic carbocycles. The van der Waals surface area contributed by atoms with Crippen LogP contribution in [0.1, 0.15) is 27.3 Å². The van der Waals surface area contributed by atoms with Gasteiger partial charge in [0.05, 0.1) is 24.2 Å². The van der Waals surface area contributed by atoms with Crippen molar-refractivity contribution in [1.82, 2.24) is 0 Å². The van der Waals surface area contributed by atoms with Crippen molar-refractivity contribution in [1.29, 1.82) is 0 Å². The Balaban J connectivity index is 0.00000182. The van der Waals surface area contributed by atoms with Crippen LogP contribution in [0.5, 0.6) is 5.75 Å². The van der Waals surface area contributed by atoms with Gasteiger partial charge in [-0.2, -0.15) is 0 Å². The molecule has 0 aliphatic carbocycles. The molecule has 0 radical (unpaired) electrons. The second-order valence-electron chi connectivity index (χ2n) is 6.55. The van der Waals surface area contributed by atoms with E-state index in [9.17, 15) is 8.42 Å². The van der Waals surface area contributed by atoms with Crippen LogP contribution in [-0.2, 0) is 15.4 Å². The maximum absolute atomic E-state index is 11.6. The van der Waals surface area contributed by atoms with E-state index in [2.05, 4.69) is 18.2 Å². The summed E-state index contributed by atoms with van der Waals surface area (Å²) in [5, 5.41) is 0. The van der Waals surface area contributed by atoms with Crippen LogP contribution in [0, 0.1) is 0 Å². The minimum Gasteiger partial charge on any atom is -0.493 e. The van der Waals surface area contributed by atoms with Gasteiger partial charge in [0.1, 0.15) is 5.75 Å². The summed E-state index contributed by atoms with van der Waals surface area (Å²) in [7, 11) is -3.41. The van der Waals surface area contributed by atoms with Gasteiger partial charge in [-0.3, -0.25) is 4.72 Å². The van der Waals surface area contributed by atoms with Gasteiger partial charge in [-0.1, -0.05) is 43.8 Å². The Hall–Kier alpha value is -2.47. The molecule has 1 atom stereocenters. The number of benzene rings is 2. The van der Waals surface area contributed by atoms with Crippen molar-refractivity contribution >= 4 is 27.0 Å². The minimum absolute atomic E-state index is 0. The van der Waals surface area contributed by atoms with Crippen LogP contribution in [0.15, 0.2) is 49.0 Å². The summed E-state index contributed by atoms with van der Waals surface area (Å²) in [5.41, 5.74) is 9.31. The Morgan fingerprint density at radius 1 is 1.28 bits per heavy atom. The van der Waals surface area contributed by atoms with E-state index < -0.39 is 10.0 Å². The highest BCUT2D eigenvalue weighted by Gasteiger charge is 2.37. The Kier molecular flexibility index (Phi) is 4.24. The molecule has 0 saturated heterocycles. The molecule has 3 N–H and O–H groups in total. The number of rotatable bonds is 4. The molecule has 6 heteroatoms. The highest BCUT2D eigenvalue weighted by Crippen LogP contribution is 2.48. The van der Waals surface area contributed by atoms with E-state index in [1.165, 1.54) is 0 Å². The van der Waals surface area contributed by atoms with E-state index in [1.54, 1.807) is 12.1 Å². The first kappa shape index (κ1) is 17.4. The van der Waals surface area contributed by atoms with Crippen LogP contribution in [0.4, 0.5) is 11.4 Å². The van der Waals surface area contributed by atoms with Crippen LogP contribution in [-0.4, -0.2) is 21.3 Å². The fourth-order valence-corrected chi connectivity index (χ4v) is 3.85. The number of nitrogens with one attached hydrogen (secondary N) is 1. The fourth-order valence-electron chi connectivity index (χ4n) is 3.28. The number of nitrogens with two attached hydrogens (primary N) is 1. The van der Waals surface area contributed by atoms with Crippen LogP contribution in [0.25, 0.3) is 5.57 Å². The lowest BCUT2D eigenvalue weighted by Gasteiger charge is -2.38. The predicted molar refractivity (Wildman–Crippen MR) is 106 cm³/mol. The van der Waals surface area contributed by atoms with Crippen molar-refractivity contribution < 1.29 is 16.0 Å². The molecule has 1 aliphatic rings. The molecular formula is C19H26N2O3S.